The van der Waals surface area contributed by atoms with Crippen LogP contribution in [-0.2, 0) is 12.2 Å². The summed E-state index contributed by atoms with van der Waals surface area (Å²) in [5, 5.41) is 18.4. The molecule has 6 rings (SSSR count). The number of benzene rings is 3. The van der Waals surface area contributed by atoms with E-state index in [1.165, 1.54) is 11.8 Å². The molecule has 8 nitrogen and oxygen atoms in total. The van der Waals surface area contributed by atoms with Crippen LogP contribution in [0.25, 0.3) is 22.4 Å². The van der Waals surface area contributed by atoms with Gasteiger partial charge in [0.1, 0.15) is 0 Å². The summed E-state index contributed by atoms with van der Waals surface area (Å²) < 4.78 is 9.36. The van der Waals surface area contributed by atoms with Crippen molar-refractivity contribution in [3.63, 3.8) is 0 Å². The molecule has 0 aliphatic heterocycles. The van der Waals surface area contributed by atoms with Gasteiger partial charge in [0.05, 0.1) is 28.8 Å². The zero-order valence-electron chi connectivity index (χ0n) is 18.8. The van der Waals surface area contributed by atoms with E-state index in [9.17, 15) is 4.79 Å². The van der Waals surface area contributed by atoms with Gasteiger partial charge in [0.25, 0.3) is 5.56 Å². The van der Waals surface area contributed by atoms with E-state index in [2.05, 4.69) is 20.4 Å². The fourth-order valence-corrected chi connectivity index (χ4v) is 4.79. The molecule has 0 saturated heterocycles. The summed E-state index contributed by atoms with van der Waals surface area (Å²) in [6, 6.07) is 25.3. The summed E-state index contributed by atoms with van der Waals surface area (Å²) in [6.45, 7) is 2.01. The number of nitrogens with zero attached hydrogens (tertiary/aromatic N) is 6. The van der Waals surface area contributed by atoms with Crippen LogP contribution in [0.1, 0.15) is 22.9 Å². The normalized spacial score (nSPS) is 11.5. The number of aryl methyl sites for hydroxylation is 1. The Hall–Kier alpha value is -4.24. The SMILES string of the molecule is Cc1ccc(-n2c(=O)c3ccccc3n3c(SCc4nnc(Cc5ccccc5)o4)nnc23)cc1. The lowest BCUT2D eigenvalue weighted by Crippen LogP contribution is -2.21. The van der Waals surface area contributed by atoms with Crippen molar-refractivity contribution in [2.24, 2.45) is 0 Å². The van der Waals surface area contributed by atoms with Crippen molar-refractivity contribution in [2.75, 3.05) is 0 Å². The molecule has 0 aliphatic carbocycles. The third-order valence-electron chi connectivity index (χ3n) is 5.72. The van der Waals surface area contributed by atoms with Crippen molar-refractivity contribution in [3.05, 3.63) is 112 Å². The van der Waals surface area contributed by atoms with Gasteiger partial charge in [-0.1, -0.05) is 71.9 Å². The van der Waals surface area contributed by atoms with Crippen LogP contribution >= 0.6 is 11.8 Å². The van der Waals surface area contributed by atoms with Crippen molar-refractivity contribution in [1.82, 2.24) is 29.4 Å². The molecule has 0 aliphatic rings. The molecule has 3 heterocycles. The number of rotatable bonds is 6. The van der Waals surface area contributed by atoms with E-state index in [4.69, 9.17) is 4.42 Å². The van der Waals surface area contributed by atoms with E-state index in [0.717, 1.165) is 22.3 Å². The van der Waals surface area contributed by atoms with Gasteiger partial charge in [0, 0.05) is 0 Å². The van der Waals surface area contributed by atoms with Gasteiger partial charge in [0.2, 0.25) is 17.6 Å². The quantitative estimate of drug-likeness (QED) is 0.322. The third kappa shape index (κ3) is 4.00. The molecule has 0 saturated carbocycles. The Morgan fingerprint density at radius 1 is 0.829 bits per heavy atom. The smallest absolute Gasteiger partial charge is 0.267 e. The molecule has 0 unspecified atom stereocenters. The standard InChI is InChI=1S/C26H20N6O2S/c1-17-11-13-19(14-12-17)31-24(33)20-9-5-6-10-21(20)32-25(31)29-30-26(32)35-16-23-28-27-22(34-23)15-18-7-3-2-4-8-18/h2-14H,15-16H2,1H3. The summed E-state index contributed by atoms with van der Waals surface area (Å²) in [7, 11) is 0. The molecule has 0 spiro atoms. The van der Waals surface area contributed by atoms with Gasteiger partial charge in [-0.15, -0.1) is 20.4 Å². The fraction of sp³-hybridized carbons (Fsp3) is 0.115. The number of para-hydroxylation sites is 1. The first-order valence-electron chi connectivity index (χ1n) is 11.1. The molecule has 6 aromatic rings. The summed E-state index contributed by atoms with van der Waals surface area (Å²) in [5.74, 6) is 1.96. The van der Waals surface area contributed by atoms with E-state index < -0.39 is 0 Å². The van der Waals surface area contributed by atoms with Crippen LogP contribution in [0.5, 0.6) is 0 Å². The lowest BCUT2D eigenvalue weighted by Gasteiger charge is -2.11. The number of thioether (sulfide) groups is 1. The Morgan fingerprint density at radius 2 is 1.57 bits per heavy atom. The first kappa shape index (κ1) is 21.3. The zero-order chi connectivity index (χ0) is 23.8. The second-order valence-electron chi connectivity index (χ2n) is 8.15. The van der Waals surface area contributed by atoms with Crippen molar-refractivity contribution < 1.29 is 4.42 Å². The molecule has 0 radical (unpaired) electrons. The van der Waals surface area contributed by atoms with E-state index in [0.29, 0.717) is 40.3 Å². The number of aromatic nitrogens is 6. The molecule has 35 heavy (non-hydrogen) atoms. The number of hydrogen-bond donors (Lipinski definition) is 0. The molecule has 0 atom stereocenters. The molecule has 172 valence electrons. The first-order valence-corrected chi connectivity index (χ1v) is 12.1. The highest BCUT2D eigenvalue weighted by Gasteiger charge is 2.18. The maximum absolute atomic E-state index is 13.4. The third-order valence-corrected chi connectivity index (χ3v) is 6.63. The Morgan fingerprint density at radius 3 is 2.40 bits per heavy atom. The molecule has 9 heteroatoms. The highest BCUT2D eigenvalue weighted by molar-refractivity contribution is 7.98. The second-order valence-corrected chi connectivity index (χ2v) is 9.09. The molecule has 3 aromatic carbocycles. The van der Waals surface area contributed by atoms with Gasteiger partial charge in [-0.25, -0.2) is 4.57 Å². The molecule has 3 aromatic heterocycles. The van der Waals surface area contributed by atoms with Gasteiger partial charge in [0.15, 0.2) is 5.16 Å². The molecule has 0 bridgehead atoms. The van der Waals surface area contributed by atoms with Crippen LogP contribution in [0.15, 0.2) is 93.2 Å². The topological polar surface area (TPSA) is 91.1 Å². The number of fused-ring (bicyclic) bond motifs is 3. The maximum atomic E-state index is 13.4. The van der Waals surface area contributed by atoms with E-state index in [-0.39, 0.29) is 5.56 Å². The van der Waals surface area contributed by atoms with Crippen LogP contribution in [-0.4, -0.2) is 29.4 Å². The average molecular weight is 481 g/mol. The van der Waals surface area contributed by atoms with Crippen LogP contribution in [0.4, 0.5) is 0 Å². The van der Waals surface area contributed by atoms with Gasteiger partial charge in [-0.2, -0.15) is 0 Å². The minimum atomic E-state index is -0.136. The van der Waals surface area contributed by atoms with Gasteiger partial charge in [-0.3, -0.25) is 9.20 Å². The Balaban J connectivity index is 1.37. The predicted molar refractivity (Wildman–Crippen MR) is 134 cm³/mol. The van der Waals surface area contributed by atoms with Gasteiger partial charge < -0.3 is 4.42 Å². The average Bonchev–Trinajstić information content (AvgIpc) is 3.51. The van der Waals surface area contributed by atoms with Gasteiger partial charge in [-0.05, 0) is 36.8 Å². The minimum absolute atomic E-state index is 0.136. The molecular weight excluding hydrogens is 460 g/mol. The highest BCUT2D eigenvalue weighted by atomic mass is 32.2. The highest BCUT2D eigenvalue weighted by Crippen LogP contribution is 2.25. The summed E-state index contributed by atoms with van der Waals surface area (Å²) in [5.41, 5.74) is 3.58. The minimum Gasteiger partial charge on any atom is -0.424 e. The predicted octanol–water partition coefficient (Wildman–Crippen LogP) is 4.61. The van der Waals surface area contributed by atoms with Crippen LogP contribution in [0.3, 0.4) is 0 Å². The zero-order valence-corrected chi connectivity index (χ0v) is 19.6. The van der Waals surface area contributed by atoms with Crippen molar-refractivity contribution in [2.45, 2.75) is 24.3 Å². The monoisotopic (exact) mass is 480 g/mol. The van der Waals surface area contributed by atoms with E-state index >= 15 is 0 Å². The summed E-state index contributed by atoms with van der Waals surface area (Å²) in [4.78, 5) is 13.4. The van der Waals surface area contributed by atoms with E-state index in [1.54, 1.807) is 4.57 Å². The maximum Gasteiger partial charge on any atom is 0.267 e. The molecule has 0 fully saturated rings. The Labute approximate surface area is 204 Å². The molecule has 0 N–H and O–H groups in total. The summed E-state index contributed by atoms with van der Waals surface area (Å²) in [6.07, 6.45) is 0.583. The van der Waals surface area contributed by atoms with Crippen LogP contribution < -0.4 is 5.56 Å². The lowest BCUT2D eigenvalue weighted by atomic mass is 10.2. The number of hydrogen-bond acceptors (Lipinski definition) is 7. The molecular formula is C26H20N6O2S. The van der Waals surface area contributed by atoms with E-state index in [1.807, 2.05) is 90.2 Å². The first-order chi connectivity index (χ1) is 17.2. The Kier molecular flexibility index (Phi) is 5.38. The molecule has 0 amide bonds. The van der Waals surface area contributed by atoms with Crippen molar-refractivity contribution >= 4 is 28.4 Å². The lowest BCUT2D eigenvalue weighted by molar-refractivity contribution is 0.474. The van der Waals surface area contributed by atoms with Gasteiger partial charge >= 0.3 is 0 Å². The second kappa shape index (κ2) is 8.84. The van der Waals surface area contributed by atoms with Crippen molar-refractivity contribution in [1.29, 1.82) is 0 Å². The fourth-order valence-electron chi connectivity index (χ4n) is 4.01. The van der Waals surface area contributed by atoms with Crippen LogP contribution in [0.2, 0.25) is 0 Å². The van der Waals surface area contributed by atoms with Crippen molar-refractivity contribution in [3.8, 4) is 5.69 Å². The largest absolute Gasteiger partial charge is 0.424 e. The Bertz CT molecular complexity index is 1700. The van der Waals surface area contributed by atoms with Crippen LogP contribution in [0, 0.1) is 6.92 Å². The summed E-state index contributed by atoms with van der Waals surface area (Å²) >= 11 is 1.43.